The number of carbonyl (C=O) groups is 2. The largest absolute Gasteiger partial charge is 0.493 e. The second-order valence-electron chi connectivity index (χ2n) is 5.93. The van der Waals surface area contributed by atoms with Crippen LogP contribution in [0.25, 0.3) is 0 Å². The van der Waals surface area contributed by atoms with Gasteiger partial charge in [0, 0.05) is 12.1 Å². The molecule has 0 heterocycles. The van der Waals surface area contributed by atoms with Crippen LogP contribution in [0.1, 0.15) is 24.0 Å². The van der Waals surface area contributed by atoms with E-state index in [1.54, 1.807) is 49.6 Å². The minimum atomic E-state index is -0.972. The average Bonchev–Trinajstić information content (AvgIpc) is 2.69. The van der Waals surface area contributed by atoms with Gasteiger partial charge in [-0.05, 0) is 35.4 Å². The van der Waals surface area contributed by atoms with E-state index >= 15 is 0 Å². The molecule has 0 aliphatic carbocycles. The molecule has 0 bridgehead atoms. The fourth-order valence-electron chi connectivity index (χ4n) is 2.60. The molecule has 3 N–H and O–H groups in total. The van der Waals surface area contributed by atoms with Crippen molar-refractivity contribution in [1.82, 2.24) is 0 Å². The van der Waals surface area contributed by atoms with Gasteiger partial charge in [-0.1, -0.05) is 23.4 Å². The summed E-state index contributed by atoms with van der Waals surface area (Å²) in [7, 11) is 3.08. The Morgan fingerprint density at radius 1 is 1.00 bits per heavy atom. The maximum atomic E-state index is 12.3. The first-order valence-electron chi connectivity index (χ1n) is 8.50. The van der Waals surface area contributed by atoms with Gasteiger partial charge < -0.3 is 25.1 Å². The van der Waals surface area contributed by atoms with Crippen molar-refractivity contribution in [2.75, 3.05) is 19.5 Å². The van der Waals surface area contributed by atoms with Crippen LogP contribution in [0.5, 0.6) is 11.5 Å². The smallest absolute Gasteiger partial charge is 0.303 e. The van der Waals surface area contributed by atoms with Gasteiger partial charge >= 0.3 is 5.97 Å². The summed E-state index contributed by atoms with van der Waals surface area (Å²) in [6, 6.07) is 11.9. The van der Waals surface area contributed by atoms with Crippen LogP contribution in [-0.4, -0.2) is 42.1 Å². The number of nitrogens with one attached hydrogen (secondary N) is 1. The van der Waals surface area contributed by atoms with Crippen molar-refractivity contribution in [2.24, 2.45) is 5.16 Å². The van der Waals surface area contributed by atoms with Gasteiger partial charge in [-0.3, -0.25) is 9.59 Å². The molecule has 0 aliphatic heterocycles. The lowest BCUT2D eigenvalue weighted by atomic mass is 10.1. The van der Waals surface area contributed by atoms with Crippen molar-refractivity contribution >= 4 is 23.3 Å². The Kier molecular flexibility index (Phi) is 7.38. The number of benzene rings is 2. The number of amides is 1. The highest BCUT2D eigenvalue weighted by molar-refractivity contribution is 6.02. The summed E-state index contributed by atoms with van der Waals surface area (Å²) >= 11 is 0. The van der Waals surface area contributed by atoms with E-state index in [-0.39, 0.29) is 30.9 Å². The molecule has 0 saturated heterocycles. The average molecular weight is 386 g/mol. The Hall–Kier alpha value is -3.55. The number of rotatable bonds is 9. The van der Waals surface area contributed by atoms with Crippen molar-refractivity contribution in [3.05, 3.63) is 53.6 Å². The van der Waals surface area contributed by atoms with Crippen molar-refractivity contribution < 1.29 is 29.4 Å². The minimum absolute atomic E-state index is 0.108. The maximum Gasteiger partial charge on any atom is 0.303 e. The summed E-state index contributed by atoms with van der Waals surface area (Å²) in [5, 5.41) is 23.7. The molecule has 0 radical (unpaired) electrons. The molecule has 0 fully saturated rings. The van der Waals surface area contributed by atoms with E-state index in [2.05, 4.69) is 10.5 Å². The van der Waals surface area contributed by atoms with Gasteiger partial charge in [0.15, 0.2) is 11.5 Å². The van der Waals surface area contributed by atoms with Gasteiger partial charge in [-0.15, -0.1) is 0 Å². The first-order valence-corrected chi connectivity index (χ1v) is 8.50. The van der Waals surface area contributed by atoms with E-state index in [0.29, 0.717) is 22.7 Å². The molecular formula is C20H22N2O6. The number of methoxy groups -OCH3 is 2. The molecule has 0 unspecified atom stereocenters. The number of carboxylic acid groups (broad SMARTS) is 1. The highest BCUT2D eigenvalue weighted by Crippen LogP contribution is 2.27. The number of carboxylic acids is 1. The summed E-state index contributed by atoms with van der Waals surface area (Å²) in [6.07, 6.45) is 0.129. The fraction of sp³-hybridized carbons (Fsp3) is 0.250. The van der Waals surface area contributed by atoms with Crippen molar-refractivity contribution in [3.8, 4) is 11.5 Å². The Balaban J connectivity index is 2.00. The van der Waals surface area contributed by atoms with E-state index in [4.69, 9.17) is 19.8 Å². The molecule has 0 atom stereocenters. The van der Waals surface area contributed by atoms with Crippen LogP contribution in [0.4, 0.5) is 5.69 Å². The van der Waals surface area contributed by atoms with E-state index in [1.165, 1.54) is 7.11 Å². The minimum Gasteiger partial charge on any atom is -0.493 e. The Labute approximate surface area is 162 Å². The van der Waals surface area contributed by atoms with Crippen molar-refractivity contribution in [3.63, 3.8) is 0 Å². The molecule has 148 valence electrons. The molecule has 1 amide bonds. The number of hydrogen-bond donors (Lipinski definition) is 3. The third-order valence-electron chi connectivity index (χ3n) is 4.01. The first-order chi connectivity index (χ1) is 13.5. The highest BCUT2D eigenvalue weighted by Gasteiger charge is 2.10. The lowest BCUT2D eigenvalue weighted by Gasteiger charge is -2.10. The van der Waals surface area contributed by atoms with Crippen LogP contribution < -0.4 is 14.8 Å². The topological polar surface area (TPSA) is 117 Å². The molecule has 2 rings (SSSR count). The van der Waals surface area contributed by atoms with Gasteiger partial charge in [-0.25, -0.2) is 0 Å². The van der Waals surface area contributed by atoms with Gasteiger partial charge in [0.1, 0.15) is 0 Å². The fourth-order valence-corrected chi connectivity index (χ4v) is 2.60. The number of aliphatic carboxylic acids is 1. The molecule has 0 saturated carbocycles. The highest BCUT2D eigenvalue weighted by atomic mass is 16.5. The number of anilines is 1. The third-order valence-corrected chi connectivity index (χ3v) is 4.01. The van der Waals surface area contributed by atoms with Crippen LogP contribution in [0.2, 0.25) is 0 Å². The molecular weight excluding hydrogens is 364 g/mol. The van der Waals surface area contributed by atoms with E-state index in [0.717, 1.165) is 5.56 Å². The molecule has 2 aromatic rings. The Bertz CT molecular complexity index is 861. The van der Waals surface area contributed by atoms with E-state index in [1.807, 2.05) is 0 Å². The van der Waals surface area contributed by atoms with E-state index in [9.17, 15) is 9.59 Å². The number of oxime groups is 1. The SMILES string of the molecule is COc1ccc(CC(=O)Nc2ccc(/C(CCC(=O)O)=N/O)cc2)cc1OC. The third kappa shape index (κ3) is 5.73. The van der Waals surface area contributed by atoms with Gasteiger partial charge in [0.2, 0.25) is 5.91 Å². The van der Waals surface area contributed by atoms with Crippen molar-refractivity contribution in [1.29, 1.82) is 0 Å². The van der Waals surface area contributed by atoms with Crippen LogP contribution >= 0.6 is 0 Å². The summed E-state index contributed by atoms with van der Waals surface area (Å²) in [6.45, 7) is 0. The summed E-state index contributed by atoms with van der Waals surface area (Å²) in [5.41, 5.74) is 2.20. The van der Waals surface area contributed by atoms with Crippen LogP contribution in [-0.2, 0) is 16.0 Å². The van der Waals surface area contributed by atoms with Crippen molar-refractivity contribution in [2.45, 2.75) is 19.3 Å². The monoisotopic (exact) mass is 386 g/mol. The summed E-state index contributed by atoms with van der Waals surface area (Å²) in [4.78, 5) is 22.9. The number of carbonyl (C=O) groups excluding carboxylic acids is 1. The second kappa shape index (κ2) is 9.96. The van der Waals surface area contributed by atoms with Crippen LogP contribution in [0.3, 0.4) is 0 Å². The molecule has 0 aliphatic rings. The lowest BCUT2D eigenvalue weighted by molar-refractivity contribution is -0.136. The van der Waals surface area contributed by atoms with Gasteiger partial charge in [0.25, 0.3) is 0 Å². The normalized spacial score (nSPS) is 11.0. The Morgan fingerprint density at radius 3 is 2.25 bits per heavy atom. The van der Waals surface area contributed by atoms with Crippen LogP contribution in [0, 0.1) is 0 Å². The Morgan fingerprint density at radius 2 is 1.68 bits per heavy atom. The summed E-state index contributed by atoms with van der Waals surface area (Å²) < 4.78 is 10.4. The molecule has 8 heteroatoms. The quantitative estimate of drug-likeness (QED) is 0.346. The van der Waals surface area contributed by atoms with Crippen LogP contribution in [0.15, 0.2) is 47.6 Å². The zero-order valence-electron chi connectivity index (χ0n) is 15.6. The predicted molar refractivity (Wildman–Crippen MR) is 104 cm³/mol. The van der Waals surface area contributed by atoms with Gasteiger partial charge in [-0.2, -0.15) is 0 Å². The molecule has 28 heavy (non-hydrogen) atoms. The molecule has 8 nitrogen and oxygen atoms in total. The first kappa shape index (κ1) is 20.8. The molecule has 2 aromatic carbocycles. The second-order valence-corrected chi connectivity index (χ2v) is 5.93. The summed E-state index contributed by atoms with van der Waals surface area (Å²) in [5.74, 6) is -0.0390. The lowest BCUT2D eigenvalue weighted by Crippen LogP contribution is -2.14. The number of hydrogen-bond acceptors (Lipinski definition) is 6. The standard InChI is InChI=1S/C20H22N2O6/c1-27-17-9-3-13(11-18(17)28-2)12-19(23)21-15-6-4-14(5-7-15)16(22-26)8-10-20(24)25/h3-7,9,11,26H,8,10,12H2,1-2H3,(H,21,23)(H,24,25)/b22-16+. The zero-order valence-corrected chi connectivity index (χ0v) is 15.6. The number of ether oxygens (including phenoxy) is 2. The van der Waals surface area contributed by atoms with Gasteiger partial charge in [0.05, 0.1) is 32.8 Å². The predicted octanol–water partition coefficient (Wildman–Crippen LogP) is 2.93. The maximum absolute atomic E-state index is 12.3. The zero-order chi connectivity index (χ0) is 20.5. The van der Waals surface area contributed by atoms with E-state index < -0.39 is 5.97 Å². The number of nitrogens with zero attached hydrogens (tertiary/aromatic N) is 1. The molecule has 0 spiro atoms. The molecule has 0 aromatic heterocycles.